The number of anilines is 2. The lowest BCUT2D eigenvalue weighted by Crippen LogP contribution is -2.46. The zero-order chi connectivity index (χ0) is 30.6. The molecule has 2 saturated heterocycles. The largest absolute Gasteiger partial charge is 0.494 e. The van der Waals surface area contributed by atoms with Gasteiger partial charge in [-0.1, -0.05) is 30.3 Å². The number of aliphatic carboxylic acids is 1. The third-order valence-electron chi connectivity index (χ3n) is 8.32. The van der Waals surface area contributed by atoms with Crippen LogP contribution in [0.25, 0.3) is 0 Å². The molecule has 1 N–H and O–H groups in total. The van der Waals surface area contributed by atoms with Gasteiger partial charge in [0.25, 0.3) is 0 Å². The minimum Gasteiger partial charge on any atom is -0.494 e. The van der Waals surface area contributed by atoms with Crippen LogP contribution in [-0.4, -0.2) is 55.6 Å². The summed E-state index contributed by atoms with van der Waals surface area (Å²) >= 11 is 0. The van der Waals surface area contributed by atoms with E-state index in [9.17, 15) is 27.5 Å². The first-order chi connectivity index (χ1) is 20.6. The van der Waals surface area contributed by atoms with Gasteiger partial charge in [0.05, 0.1) is 24.6 Å². The number of hydrogen-bond acceptors (Lipinski definition) is 5. The Labute approximate surface area is 248 Å². The SMILES string of the molecule is CCOc1ccc(F)c(N2CCC(Oc3ccc(N4C[C@H](C(F)(F)F)CC4CC(=O)O)cc3)C(Cc3ccccc3)C2)c1. The normalized spacial score (nSPS) is 22.4. The first-order valence-corrected chi connectivity index (χ1v) is 14.6. The number of alkyl halides is 3. The van der Waals surface area contributed by atoms with Crippen molar-refractivity contribution in [3.63, 3.8) is 0 Å². The Balaban J connectivity index is 1.32. The van der Waals surface area contributed by atoms with Gasteiger partial charge in [-0.25, -0.2) is 4.39 Å². The van der Waals surface area contributed by atoms with Gasteiger partial charge in [0.15, 0.2) is 0 Å². The van der Waals surface area contributed by atoms with Gasteiger partial charge in [-0.3, -0.25) is 4.79 Å². The number of hydrogen-bond donors (Lipinski definition) is 1. The molecular formula is C33H36F4N2O4. The van der Waals surface area contributed by atoms with E-state index in [1.54, 1.807) is 36.4 Å². The van der Waals surface area contributed by atoms with E-state index in [0.29, 0.717) is 49.0 Å². The highest BCUT2D eigenvalue weighted by Gasteiger charge is 2.48. The Hall–Kier alpha value is -3.95. The van der Waals surface area contributed by atoms with Crippen molar-refractivity contribution >= 4 is 17.3 Å². The van der Waals surface area contributed by atoms with Gasteiger partial charge in [-0.2, -0.15) is 13.2 Å². The third kappa shape index (κ3) is 7.53. The molecule has 4 atom stereocenters. The van der Waals surface area contributed by atoms with Crippen molar-refractivity contribution in [3.8, 4) is 11.5 Å². The van der Waals surface area contributed by atoms with Crippen LogP contribution < -0.4 is 19.3 Å². The van der Waals surface area contributed by atoms with Crippen LogP contribution in [0, 0.1) is 17.7 Å². The average Bonchev–Trinajstić information content (AvgIpc) is 3.40. The van der Waals surface area contributed by atoms with Crippen molar-refractivity contribution in [3.05, 3.63) is 84.2 Å². The van der Waals surface area contributed by atoms with Gasteiger partial charge >= 0.3 is 12.1 Å². The number of halogens is 4. The molecule has 0 radical (unpaired) electrons. The highest BCUT2D eigenvalue weighted by atomic mass is 19.4. The van der Waals surface area contributed by atoms with E-state index in [2.05, 4.69) is 12.1 Å². The second kappa shape index (κ2) is 13.1. The smallest absolute Gasteiger partial charge is 0.393 e. The molecule has 0 aromatic heterocycles. The topological polar surface area (TPSA) is 62.2 Å². The summed E-state index contributed by atoms with van der Waals surface area (Å²) in [6, 6.07) is 20.9. The molecule has 3 aromatic carbocycles. The van der Waals surface area contributed by atoms with Crippen LogP contribution >= 0.6 is 0 Å². The molecule has 6 nitrogen and oxygen atoms in total. The van der Waals surface area contributed by atoms with E-state index in [-0.39, 0.29) is 37.2 Å². The average molecular weight is 601 g/mol. The standard InChI is InChI=1S/C33H36F4N2O4/c1-2-42-28-12-13-29(34)30(19-28)38-15-14-31(23(20-38)16-22-6-4-3-5-7-22)43-27-10-8-25(9-11-27)39-21-24(33(35,36)37)17-26(39)18-32(40)41/h3-13,19,23-24,26,31H,2,14-18,20-21H2,1H3,(H,40,41)/t23?,24-,26?,31?/m1/s1. The van der Waals surface area contributed by atoms with Gasteiger partial charge in [0, 0.05) is 49.8 Å². The number of carbonyl (C=O) groups is 1. The maximum atomic E-state index is 14.9. The summed E-state index contributed by atoms with van der Waals surface area (Å²) in [4.78, 5) is 14.9. The van der Waals surface area contributed by atoms with Crippen LogP contribution in [-0.2, 0) is 11.2 Å². The number of carboxylic acids is 1. The van der Waals surface area contributed by atoms with Crippen LogP contribution in [0.3, 0.4) is 0 Å². The van der Waals surface area contributed by atoms with Gasteiger partial charge in [0.1, 0.15) is 23.4 Å². The van der Waals surface area contributed by atoms with Crippen LogP contribution in [0.4, 0.5) is 28.9 Å². The van der Waals surface area contributed by atoms with Crippen molar-refractivity contribution in [2.45, 2.75) is 50.9 Å². The lowest BCUT2D eigenvalue weighted by atomic mass is 9.88. The second-order valence-corrected chi connectivity index (χ2v) is 11.3. The molecule has 10 heteroatoms. The Morgan fingerprint density at radius 3 is 2.40 bits per heavy atom. The van der Waals surface area contributed by atoms with Crippen molar-refractivity contribution in [2.24, 2.45) is 11.8 Å². The fraction of sp³-hybridized carbons (Fsp3) is 0.424. The van der Waals surface area contributed by atoms with E-state index >= 15 is 0 Å². The van der Waals surface area contributed by atoms with E-state index in [1.807, 2.05) is 30.0 Å². The zero-order valence-corrected chi connectivity index (χ0v) is 24.0. The van der Waals surface area contributed by atoms with Gasteiger partial charge in [-0.15, -0.1) is 0 Å². The highest BCUT2D eigenvalue weighted by molar-refractivity contribution is 5.69. The molecule has 2 heterocycles. The molecule has 0 bridgehead atoms. The number of piperidine rings is 1. The molecule has 0 aliphatic carbocycles. The van der Waals surface area contributed by atoms with Crippen LogP contribution in [0.1, 0.15) is 31.7 Å². The van der Waals surface area contributed by atoms with E-state index in [4.69, 9.17) is 9.47 Å². The molecular weight excluding hydrogens is 564 g/mol. The molecule has 0 saturated carbocycles. The Morgan fingerprint density at radius 2 is 1.72 bits per heavy atom. The quantitative estimate of drug-likeness (QED) is 0.254. The molecule has 0 amide bonds. The molecule has 3 aromatic rings. The van der Waals surface area contributed by atoms with Crippen molar-refractivity contribution in [1.29, 1.82) is 0 Å². The lowest BCUT2D eigenvalue weighted by Gasteiger charge is -2.40. The first-order valence-electron chi connectivity index (χ1n) is 14.6. The van der Waals surface area contributed by atoms with Crippen LogP contribution in [0.2, 0.25) is 0 Å². The number of benzene rings is 3. The molecule has 0 spiro atoms. The molecule has 3 unspecified atom stereocenters. The molecule has 43 heavy (non-hydrogen) atoms. The summed E-state index contributed by atoms with van der Waals surface area (Å²) < 4.78 is 67.4. The summed E-state index contributed by atoms with van der Waals surface area (Å²) in [5, 5.41) is 9.27. The van der Waals surface area contributed by atoms with Crippen molar-refractivity contribution in [1.82, 2.24) is 0 Å². The van der Waals surface area contributed by atoms with E-state index in [0.717, 1.165) is 12.0 Å². The number of ether oxygens (including phenoxy) is 2. The minimum atomic E-state index is -4.38. The van der Waals surface area contributed by atoms with Gasteiger partial charge in [-0.05, 0) is 61.7 Å². The van der Waals surface area contributed by atoms with E-state index < -0.39 is 24.1 Å². The predicted molar refractivity (Wildman–Crippen MR) is 156 cm³/mol. The summed E-state index contributed by atoms with van der Waals surface area (Å²) in [5.74, 6) is -1.80. The Kier molecular flexibility index (Phi) is 9.32. The minimum absolute atomic E-state index is 0.0250. The van der Waals surface area contributed by atoms with Crippen LogP contribution in [0.5, 0.6) is 11.5 Å². The lowest BCUT2D eigenvalue weighted by molar-refractivity contribution is -0.169. The molecule has 2 aliphatic rings. The fourth-order valence-corrected chi connectivity index (χ4v) is 6.24. The molecule has 230 valence electrons. The van der Waals surface area contributed by atoms with E-state index in [1.165, 1.54) is 11.0 Å². The van der Waals surface area contributed by atoms with Gasteiger partial charge < -0.3 is 24.4 Å². The number of carboxylic acid groups (broad SMARTS) is 1. The maximum absolute atomic E-state index is 14.9. The molecule has 5 rings (SSSR count). The van der Waals surface area contributed by atoms with Crippen molar-refractivity contribution < 1.29 is 36.9 Å². The summed E-state index contributed by atoms with van der Waals surface area (Å²) in [6.07, 6.45) is -3.82. The highest BCUT2D eigenvalue weighted by Crippen LogP contribution is 2.40. The third-order valence-corrected chi connectivity index (χ3v) is 8.32. The number of rotatable bonds is 10. The summed E-state index contributed by atoms with van der Waals surface area (Å²) in [7, 11) is 0. The van der Waals surface area contributed by atoms with Gasteiger partial charge in [0.2, 0.25) is 0 Å². The Bertz CT molecular complexity index is 1370. The monoisotopic (exact) mass is 600 g/mol. The summed E-state index contributed by atoms with van der Waals surface area (Å²) in [5.41, 5.74) is 2.16. The molecule has 2 aliphatic heterocycles. The zero-order valence-electron chi connectivity index (χ0n) is 24.0. The predicted octanol–water partition coefficient (Wildman–Crippen LogP) is 6.97. The van der Waals surface area contributed by atoms with Crippen LogP contribution in [0.15, 0.2) is 72.8 Å². The summed E-state index contributed by atoms with van der Waals surface area (Å²) in [6.45, 7) is 3.22. The number of nitrogens with zero attached hydrogens (tertiary/aromatic N) is 2. The first kappa shape index (κ1) is 30.5. The maximum Gasteiger partial charge on any atom is 0.393 e. The van der Waals surface area contributed by atoms with Crippen molar-refractivity contribution in [2.75, 3.05) is 36.0 Å². The molecule has 2 fully saturated rings. The second-order valence-electron chi connectivity index (χ2n) is 11.3. The Morgan fingerprint density at radius 1 is 1.00 bits per heavy atom. The fourth-order valence-electron chi connectivity index (χ4n) is 6.24.